The van der Waals surface area contributed by atoms with E-state index in [0.29, 0.717) is 11.4 Å². The van der Waals surface area contributed by atoms with E-state index in [9.17, 15) is 0 Å². The van der Waals surface area contributed by atoms with Gasteiger partial charge in [0, 0.05) is 11.4 Å². The van der Waals surface area contributed by atoms with Crippen LogP contribution in [0.2, 0.25) is 0 Å². The van der Waals surface area contributed by atoms with Gasteiger partial charge in [-0.25, -0.2) is 0 Å². The van der Waals surface area contributed by atoms with E-state index in [4.69, 9.17) is 17.2 Å². The summed E-state index contributed by atoms with van der Waals surface area (Å²) < 4.78 is 0. The standard InChI is InChI=1S/C28H37N3/c1-8-11-12-13-18-26(30)20-27(31)28(21(4)16-14-15-17-24(7)29)23(6)19-22(5)25(9-2)10-3/h8-20,27H,1-2,4,7,29-31H2,3,5-6H3/b12-11-,16-14?,17-15-,18-13-,22-19-,25-10-,26-20-,28-23-. The van der Waals surface area contributed by atoms with Crippen LogP contribution >= 0.6 is 0 Å². The summed E-state index contributed by atoms with van der Waals surface area (Å²) in [5.41, 5.74) is 24.1. The molecule has 0 aliphatic carbocycles. The molecule has 0 aromatic rings. The molecule has 0 amide bonds. The first kappa shape index (κ1) is 27.4. The predicted molar refractivity (Wildman–Crippen MR) is 140 cm³/mol. The third kappa shape index (κ3) is 11.3. The molecule has 0 fully saturated rings. The second kappa shape index (κ2) is 15.3. The minimum absolute atomic E-state index is 0.444. The molecule has 0 aromatic carbocycles. The van der Waals surface area contributed by atoms with Crippen molar-refractivity contribution in [2.45, 2.75) is 26.8 Å². The van der Waals surface area contributed by atoms with Crippen molar-refractivity contribution in [1.29, 1.82) is 0 Å². The smallest absolute Gasteiger partial charge is 0.0512 e. The van der Waals surface area contributed by atoms with Crippen LogP contribution in [0.25, 0.3) is 0 Å². The zero-order chi connectivity index (χ0) is 23.8. The van der Waals surface area contributed by atoms with Gasteiger partial charge in [-0.05, 0) is 66.9 Å². The molecule has 0 aliphatic heterocycles. The quantitative estimate of drug-likeness (QED) is 0.343. The summed E-state index contributed by atoms with van der Waals surface area (Å²) >= 11 is 0. The lowest BCUT2D eigenvalue weighted by Gasteiger charge is -2.17. The van der Waals surface area contributed by atoms with Gasteiger partial charge in [-0.15, -0.1) is 0 Å². The lowest BCUT2D eigenvalue weighted by atomic mass is 9.92. The monoisotopic (exact) mass is 415 g/mol. The van der Waals surface area contributed by atoms with Crippen molar-refractivity contribution in [2.75, 3.05) is 0 Å². The average Bonchev–Trinajstić information content (AvgIpc) is 2.69. The molecular weight excluding hydrogens is 378 g/mol. The fourth-order valence-electron chi connectivity index (χ4n) is 2.82. The van der Waals surface area contributed by atoms with Crippen LogP contribution in [0.15, 0.2) is 145 Å². The van der Waals surface area contributed by atoms with Gasteiger partial charge < -0.3 is 17.2 Å². The van der Waals surface area contributed by atoms with Crippen molar-refractivity contribution in [1.82, 2.24) is 0 Å². The number of rotatable bonds is 12. The Hall–Kier alpha value is -3.56. The summed E-state index contributed by atoms with van der Waals surface area (Å²) in [5.74, 6) is 0. The molecule has 6 N–H and O–H groups in total. The SMILES string of the molecule is C=C\C=C/C=C\C(N)=C\C(N)\C(C(=C)C=C/C=C\C(=C)N)=C(C)/C=C(C)\C(C=C)=C/C. The van der Waals surface area contributed by atoms with Crippen LogP contribution in [0.5, 0.6) is 0 Å². The second-order valence-electron chi connectivity index (χ2n) is 6.86. The van der Waals surface area contributed by atoms with Crippen molar-refractivity contribution in [2.24, 2.45) is 17.2 Å². The Morgan fingerprint density at radius 1 is 0.871 bits per heavy atom. The van der Waals surface area contributed by atoms with Crippen LogP contribution in [0.4, 0.5) is 0 Å². The highest BCUT2D eigenvalue weighted by Gasteiger charge is 2.12. The Morgan fingerprint density at radius 2 is 1.48 bits per heavy atom. The number of allylic oxidation sites excluding steroid dienone is 15. The maximum atomic E-state index is 6.53. The Morgan fingerprint density at radius 3 is 2.03 bits per heavy atom. The highest BCUT2D eigenvalue weighted by molar-refractivity contribution is 5.52. The summed E-state index contributed by atoms with van der Waals surface area (Å²) in [6, 6.07) is -0.444. The van der Waals surface area contributed by atoms with E-state index >= 15 is 0 Å². The predicted octanol–water partition coefficient (Wildman–Crippen LogP) is 5.99. The first-order valence-electron chi connectivity index (χ1n) is 10.0. The lowest BCUT2D eigenvalue weighted by Crippen LogP contribution is -2.23. The molecule has 1 unspecified atom stereocenters. The van der Waals surface area contributed by atoms with Crippen LogP contribution in [0.1, 0.15) is 20.8 Å². The van der Waals surface area contributed by atoms with Gasteiger partial charge in [-0.3, -0.25) is 0 Å². The Bertz CT molecular complexity index is 910. The largest absolute Gasteiger partial charge is 0.399 e. The number of hydrogen-bond donors (Lipinski definition) is 3. The molecular formula is C28H37N3. The first-order valence-corrected chi connectivity index (χ1v) is 10.0. The van der Waals surface area contributed by atoms with Crippen LogP contribution in [0, 0.1) is 0 Å². The van der Waals surface area contributed by atoms with Gasteiger partial charge in [0.25, 0.3) is 0 Å². The van der Waals surface area contributed by atoms with Gasteiger partial charge >= 0.3 is 0 Å². The molecule has 0 rings (SSSR count). The Balaban J connectivity index is 6.21. The normalized spacial score (nSPS) is 15.7. The maximum Gasteiger partial charge on any atom is 0.0512 e. The summed E-state index contributed by atoms with van der Waals surface area (Å²) in [6.45, 7) is 21.4. The van der Waals surface area contributed by atoms with E-state index in [1.165, 1.54) is 0 Å². The second-order valence-corrected chi connectivity index (χ2v) is 6.86. The average molecular weight is 416 g/mol. The van der Waals surface area contributed by atoms with E-state index in [1.54, 1.807) is 24.3 Å². The van der Waals surface area contributed by atoms with Crippen molar-refractivity contribution in [3.05, 3.63) is 145 Å². The topological polar surface area (TPSA) is 78.1 Å². The van der Waals surface area contributed by atoms with E-state index in [-0.39, 0.29) is 0 Å². The molecule has 0 radical (unpaired) electrons. The van der Waals surface area contributed by atoms with Crippen molar-refractivity contribution >= 4 is 0 Å². The maximum absolute atomic E-state index is 6.53. The highest BCUT2D eigenvalue weighted by Crippen LogP contribution is 2.23. The van der Waals surface area contributed by atoms with Crippen LogP contribution in [0.3, 0.4) is 0 Å². The van der Waals surface area contributed by atoms with Crippen molar-refractivity contribution in [3.63, 3.8) is 0 Å². The molecule has 164 valence electrons. The zero-order valence-electron chi connectivity index (χ0n) is 19.1. The fraction of sp³-hybridized carbons (Fsp3) is 0.143. The van der Waals surface area contributed by atoms with Crippen LogP contribution in [-0.2, 0) is 0 Å². The third-order valence-electron chi connectivity index (χ3n) is 4.26. The highest BCUT2D eigenvalue weighted by atomic mass is 14.7. The zero-order valence-corrected chi connectivity index (χ0v) is 19.1. The van der Waals surface area contributed by atoms with Crippen LogP contribution in [-0.4, -0.2) is 6.04 Å². The lowest BCUT2D eigenvalue weighted by molar-refractivity contribution is 0.942. The van der Waals surface area contributed by atoms with Gasteiger partial charge in [0.15, 0.2) is 0 Å². The summed E-state index contributed by atoms with van der Waals surface area (Å²) in [6.07, 6.45) is 24.0. The summed E-state index contributed by atoms with van der Waals surface area (Å²) in [7, 11) is 0. The summed E-state index contributed by atoms with van der Waals surface area (Å²) in [4.78, 5) is 0. The van der Waals surface area contributed by atoms with Gasteiger partial charge in [0.2, 0.25) is 0 Å². The molecule has 3 heteroatoms. The Labute approximate surface area is 188 Å². The fourth-order valence-corrected chi connectivity index (χ4v) is 2.82. The molecule has 0 saturated heterocycles. The van der Waals surface area contributed by atoms with Crippen molar-refractivity contribution < 1.29 is 0 Å². The van der Waals surface area contributed by atoms with Gasteiger partial charge in [0.1, 0.15) is 0 Å². The van der Waals surface area contributed by atoms with Crippen molar-refractivity contribution in [3.8, 4) is 0 Å². The number of hydrogen-bond acceptors (Lipinski definition) is 3. The van der Waals surface area contributed by atoms with E-state index in [2.05, 4.69) is 32.4 Å². The minimum Gasteiger partial charge on any atom is -0.399 e. The molecule has 31 heavy (non-hydrogen) atoms. The van der Waals surface area contributed by atoms with Crippen LogP contribution < -0.4 is 17.2 Å². The van der Waals surface area contributed by atoms with E-state index in [1.807, 2.05) is 69.4 Å². The first-order chi connectivity index (χ1) is 14.7. The molecule has 3 nitrogen and oxygen atoms in total. The Kier molecular flexibility index (Phi) is 13.5. The van der Waals surface area contributed by atoms with Gasteiger partial charge in [-0.2, -0.15) is 0 Å². The molecule has 0 aromatic heterocycles. The third-order valence-corrected chi connectivity index (χ3v) is 4.26. The molecule has 0 heterocycles. The molecule has 0 aliphatic rings. The summed E-state index contributed by atoms with van der Waals surface area (Å²) in [5, 5.41) is 0. The van der Waals surface area contributed by atoms with E-state index in [0.717, 1.165) is 27.9 Å². The van der Waals surface area contributed by atoms with Gasteiger partial charge in [-0.1, -0.05) is 87.1 Å². The molecule has 0 saturated carbocycles. The number of nitrogens with two attached hydrogens (primary N) is 3. The molecule has 1 atom stereocenters. The molecule has 0 bridgehead atoms. The van der Waals surface area contributed by atoms with E-state index < -0.39 is 6.04 Å². The van der Waals surface area contributed by atoms with Gasteiger partial charge in [0.05, 0.1) is 6.04 Å². The minimum atomic E-state index is -0.444. The molecule has 0 spiro atoms.